The van der Waals surface area contributed by atoms with Gasteiger partial charge in [-0.3, -0.25) is 19.9 Å². The third-order valence-corrected chi connectivity index (χ3v) is 10.4. The number of hydrogen-bond acceptors (Lipinski definition) is 8. The number of carbonyl (C=O) groups excluding carboxylic acids is 1. The molecule has 0 aliphatic carbocycles. The van der Waals surface area contributed by atoms with Crippen LogP contribution in [-0.4, -0.2) is 26.1 Å². The smallest absolute Gasteiger partial charge is 0.217 e. The molecule has 4 N–H and O–H groups in total. The Kier molecular flexibility index (Phi) is 12.8. The maximum atomic E-state index is 15.2. The Bertz CT molecular complexity index is 3100. The van der Waals surface area contributed by atoms with Crippen molar-refractivity contribution in [1.29, 1.82) is 5.26 Å². The zero-order valence-corrected chi connectivity index (χ0v) is 35.0. The largest absolute Gasteiger partial charge is 0.457 e. The first kappa shape index (κ1) is 42.1. The highest BCUT2D eigenvalue weighted by atomic mass is 19.1. The summed E-state index contributed by atoms with van der Waals surface area (Å²) in [5, 5.41) is 20.6. The number of halogens is 1. The lowest BCUT2D eigenvalue weighted by atomic mass is 9.98. The van der Waals surface area contributed by atoms with Gasteiger partial charge < -0.3 is 20.5 Å². The van der Waals surface area contributed by atoms with Crippen LogP contribution in [0.1, 0.15) is 30.5 Å². The van der Waals surface area contributed by atoms with Crippen molar-refractivity contribution in [3.05, 3.63) is 193 Å². The Morgan fingerprint density at radius 2 is 1.19 bits per heavy atom. The number of aryl methyl sites for hydroxylation is 1. The first-order chi connectivity index (χ1) is 31.3. The van der Waals surface area contributed by atoms with Crippen LogP contribution in [-0.2, 0) is 17.8 Å². The van der Waals surface area contributed by atoms with Gasteiger partial charge in [0.1, 0.15) is 34.8 Å². The summed E-state index contributed by atoms with van der Waals surface area (Å²) < 4.78 is 26.9. The van der Waals surface area contributed by atoms with Crippen LogP contribution >= 0.6 is 0 Å². The second-order valence-corrected chi connectivity index (χ2v) is 14.7. The van der Waals surface area contributed by atoms with E-state index >= 15 is 4.39 Å². The number of carbonyl (C=O) groups is 1. The molecule has 0 atom stereocenters. The molecule has 0 aliphatic heterocycles. The van der Waals surface area contributed by atoms with Crippen LogP contribution in [0.2, 0.25) is 0 Å². The third-order valence-electron chi connectivity index (χ3n) is 10.4. The van der Waals surface area contributed by atoms with Crippen LogP contribution in [0.15, 0.2) is 170 Å². The predicted molar refractivity (Wildman–Crippen MR) is 249 cm³/mol. The fraction of sp³-hybridized carbons (Fsp3) is 0.0755. The Hall–Kier alpha value is -8.62. The van der Waals surface area contributed by atoms with E-state index in [-0.39, 0.29) is 17.2 Å². The molecule has 314 valence electrons. The number of nitrogens with two attached hydrogens (primary N) is 1. The lowest BCUT2D eigenvalue weighted by Gasteiger charge is -2.11. The average Bonchev–Trinajstić information content (AvgIpc) is 3.73. The number of pyridine rings is 2. The summed E-state index contributed by atoms with van der Waals surface area (Å²) in [7, 11) is 0. The van der Waals surface area contributed by atoms with Crippen LogP contribution in [0.4, 0.5) is 10.2 Å². The van der Waals surface area contributed by atoms with Gasteiger partial charge in [-0.15, -0.1) is 0 Å². The number of nitrogen functional groups attached to an aromatic ring is 1. The zero-order chi connectivity index (χ0) is 44.4. The molecule has 0 radical (unpaired) electrons. The Balaban J connectivity index is 0.000000176. The van der Waals surface area contributed by atoms with E-state index < -0.39 is 5.82 Å². The minimum atomic E-state index is -0.604. The van der Waals surface area contributed by atoms with Gasteiger partial charge in [0.15, 0.2) is 11.6 Å². The van der Waals surface area contributed by atoms with E-state index in [4.69, 9.17) is 20.2 Å². The summed E-state index contributed by atoms with van der Waals surface area (Å²) in [6, 6.07) is 51.6. The number of amides is 1. The van der Waals surface area contributed by atoms with Crippen molar-refractivity contribution in [3.8, 4) is 73.8 Å². The minimum absolute atomic E-state index is 0.0152. The van der Waals surface area contributed by atoms with Crippen molar-refractivity contribution in [1.82, 2.24) is 25.5 Å². The van der Waals surface area contributed by atoms with Crippen molar-refractivity contribution in [2.45, 2.75) is 26.8 Å². The number of benzene rings is 6. The lowest BCUT2D eigenvalue weighted by Crippen LogP contribution is -2.18. The normalized spacial score (nSPS) is 10.7. The predicted octanol–water partition coefficient (Wildman–Crippen LogP) is 12.1. The monoisotopic (exact) mass is 843 g/mol. The maximum absolute atomic E-state index is 15.2. The number of fused-ring (bicyclic) bond motifs is 1. The molecule has 0 unspecified atom stereocenters. The molecular weight excluding hydrogens is 802 g/mol. The first-order valence-corrected chi connectivity index (χ1v) is 20.6. The summed E-state index contributed by atoms with van der Waals surface area (Å²) in [4.78, 5) is 20.4. The fourth-order valence-electron chi connectivity index (χ4n) is 7.16. The molecule has 11 heteroatoms. The van der Waals surface area contributed by atoms with E-state index in [2.05, 4.69) is 20.5 Å². The highest BCUT2D eigenvalue weighted by Gasteiger charge is 2.19. The van der Waals surface area contributed by atoms with Crippen molar-refractivity contribution in [3.63, 3.8) is 0 Å². The zero-order valence-electron chi connectivity index (χ0n) is 35.0. The molecule has 6 aromatic carbocycles. The standard InChI is InChI=1S/C27H23N5O2.C26H19FN2O/c1-17(33)29-15-18-6-5-7-20(14-18)25-26-24(27(28)32-31-26)23(16-30-25)19-10-12-22(13-11-19)34-21-8-3-2-4-9-21;1-2-18-7-6-8-20(15-18)26-25(27)23(16-28)24(17-29-26)19-11-13-22(14-12-19)30-21-9-4-3-5-10-21/h2-14,16H,15H2,1H3,(H,29,33)(H3,28,31,32);3-15,17H,2H2,1H3. The van der Waals surface area contributed by atoms with Gasteiger partial charge in [0.2, 0.25) is 5.91 Å². The number of aromatic amines is 1. The van der Waals surface area contributed by atoms with Crippen LogP contribution in [0.3, 0.4) is 0 Å². The molecule has 64 heavy (non-hydrogen) atoms. The topological polar surface area (TPSA) is 152 Å². The van der Waals surface area contributed by atoms with E-state index in [0.717, 1.165) is 68.1 Å². The molecule has 10 nitrogen and oxygen atoms in total. The summed E-state index contributed by atoms with van der Waals surface area (Å²) >= 11 is 0. The number of nitrogens with zero attached hydrogens (tertiary/aromatic N) is 4. The SMILES string of the molecule is CC(=O)NCc1cccc(-c2ncc(-c3ccc(Oc4ccccc4)cc3)c3c(N)n[nH]c23)c1.CCc1cccc(-c2ncc(-c3ccc(Oc4ccccc4)cc3)c(C#N)c2F)c1. The Labute approximate surface area is 369 Å². The number of hydrogen-bond donors (Lipinski definition) is 3. The molecule has 1 amide bonds. The van der Waals surface area contributed by atoms with Crippen LogP contribution < -0.4 is 20.5 Å². The maximum Gasteiger partial charge on any atom is 0.217 e. The average molecular weight is 844 g/mol. The number of ether oxygens (including phenoxy) is 2. The van der Waals surface area contributed by atoms with Gasteiger partial charge in [-0.25, -0.2) is 4.39 Å². The van der Waals surface area contributed by atoms with Gasteiger partial charge in [0, 0.05) is 48.1 Å². The summed E-state index contributed by atoms with van der Waals surface area (Å²) in [6.45, 7) is 3.99. The molecule has 0 fully saturated rings. The molecule has 0 saturated carbocycles. The quantitative estimate of drug-likeness (QED) is 0.116. The molecule has 0 saturated heterocycles. The van der Waals surface area contributed by atoms with Crippen molar-refractivity contribution in [2.24, 2.45) is 0 Å². The molecule has 3 heterocycles. The minimum Gasteiger partial charge on any atom is -0.457 e. The molecular formula is C53H42FN7O3. The highest BCUT2D eigenvalue weighted by Crippen LogP contribution is 2.37. The molecule has 0 aliphatic rings. The van der Waals surface area contributed by atoms with Crippen molar-refractivity contribution >= 4 is 22.6 Å². The van der Waals surface area contributed by atoms with Gasteiger partial charge >= 0.3 is 0 Å². The summed E-state index contributed by atoms with van der Waals surface area (Å²) in [6.07, 6.45) is 4.22. The van der Waals surface area contributed by atoms with E-state index in [1.165, 1.54) is 6.92 Å². The first-order valence-electron chi connectivity index (χ1n) is 20.6. The van der Waals surface area contributed by atoms with Gasteiger partial charge in [-0.2, -0.15) is 10.4 Å². The number of aromatic nitrogens is 4. The van der Waals surface area contributed by atoms with E-state index in [0.29, 0.717) is 34.8 Å². The van der Waals surface area contributed by atoms with E-state index in [1.807, 2.05) is 147 Å². The Morgan fingerprint density at radius 3 is 1.77 bits per heavy atom. The number of H-pyrrole nitrogens is 1. The molecule has 3 aromatic heterocycles. The van der Waals surface area contributed by atoms with Crippen LogP contribution in [0, 0.1) is 17.1 Å². The number of nitrogens with one attached hydrogen (secondary N) is 2. The molecule has 0 spiro atoms. The number of para-hydroxylation sites is 2. The van der Waals surface area contributed by atoms with E-state index in [9.17, 15) is 10.1 Å². The number of rotatable bonds is 11. The number of nitriles is 1. The third kappa shape index (κ3) is 9.62. The lowest BCUT2D eigenvalue weighted by molar-refractivity contribution is -0.119. The van der Waals surface area contributed by atoms with Gasteiger partial charge in [0.05, 0.1) is 22.2 Å². The van der Waals surface area contributed by atoms with Gasteiger partial charge in [-0.05, 0) is 89.3 Å². The number of anilines is 1. The van der Waals surface area contributed by atoms with Crippen LogP contribution in [0.5, 0.6) is 23.0 Å². The fourth-order valence-corrected chi connectivity index (χ4v) is 7.16. The van der Waals surface area contributed by atoms with Crippen molar-refractivity contribution in [2.75, 3.05) is 5.73 Å². The summed E-state index contributed by atoms with van der Waals surface area (Å²) in [5.41, 5.74) is 14.6. The second kappa shape index (κ2) is 19.4. The second-order valence-electron chi connectivity index (χ2n) is 14.7. The van der Waals surface area contributed by atoms with E-state index in [1.54, 1.807) is 36.5 Å². The van der Waals surface area contributed by atoms with Crippen molar-refractivity contribution < 1.29 is 18.7 Å². The molecule has 9 rings (SSSR count). The van der Waals surface area contributed by atoms with Gasteiger partial charge in [0.25, 0.3) is 0 Å². The van der Waals surface area contributed by atoms with Crippen LogP contribution in [0.25, 0.3) is 55.7 Å². The highest BCUT2D eigenvalue weighted by molar-refractivity contribution is 6.06. The van der Waals surface area contributed by atoms with Gasteiger partial charge in [-0.1, -0.05) is 104 Å². The molecule has 0 bridgehead atoms. The summed E-state index contributed by atoms with van der Waals surface area (Å²) in [5.74, 6) is 2.65. The molecule has 9 aromatic rings. The Morgan fingerprint density at radius 1 is 0.672 bits per heavy atom.